The Hall–Kier alpha value is -3.07. The Balaban J connectivity index is 1.75. The third-order valence-electron chi connectivity index (χ3n) is 4.00. The molecule has 3 aromatic carbocycles. The van der Waals surface area contributed by atoms with Crippen LogP contribution in [0.15, 0.2) is 72.8 Å². The van der Waals surface area contributed by atoms with Crippen molar-refractivity contribution in [2.45, 2.75) is 13.5 Å². The predicted octanol–water partition coefficient (Wildman–Crippen LogP) is 4.97. The molecular weight excluding hydrogens is 298 g/mol. The fourth-order valence-electron chi connectivity index (χ4n) is 2.71. The second-order valence-electron chi connectivity index (χ2n) is 5.75. The molecule has 0 saturated carbocycles. The van der Waals surface area contributed by atoms with Gasteiger partial charge in [0.05, 0.1) is 5.56 Å². The normalized spacial score (nSPS) is 10.4. The lowest BCUT2D eigenvalue weighted by Gasteiger charge is -2.11. The monoisotopic (exact) mass is 317 g/mol. The number of rotatable bonds is 5. The van der Waals surface area contributed by atoms with Crippen LogP contribution in [-0.2, 0) is 6.54 Å². The number of carbonyl (C=O) groups is 1. The van der Waals surface area contributed by atoms with Crippen LogP contribution < -0.4 is 5.32 Å². The van der Waals surface area contributed by atoms with Gasteiger partial charge in [-0.05, 0) is 53.4 Å². The van der Waals surface area contributed by atoms with Gasteiger partial charge < -0.3 is 10.4 Å². The highest BCUT2D eigenvalue weighted by Gasteiger charge is 2.06. The molecule has 0 bridgehead atoms. The fourth-order valence-corrected chi connectivity index (χ4v) is 2.71. The standard InChI is InChI=1S/C21H19NO2/c1-15-13-16(14-22-19-5-3-2-4-6-19)7-12-20(15)17-8-10-18(11-9-17)21(23)24/h2-13,22H,14H2,1H3,(H,23,24). The van der Waals surface area contributed by atoms with Crippen LogP contribution in [0, 0.1) is 6.92 Å². The lowest BCUT2D eigenvalue weighted by Crippen LogP contribution is -2.00. The smallest absolute Gasteiger partial charge is 0.335 e. The summed E-state index contributed by atoms with van der Waals surface area (Å²) in [6.45, 7) is 2.84. The minimum Gasteiger partial charge on any atom is -0.478 e. The highest BCUT2D eigenvalue weighted by atomic mass is 16.4. The van der Waals surface area contributed by atoms with E-state index in [-0.39, 0.29) is 0 Å². The van der Waals surface area contributed by atoms with E-state index in [9.17, 15) is 4.79 Å². The van der Waals surface area contributed by atoms with Crippen LogP contribution in [0.4, 0.5) is 5.69 Å². The van der Waals surface area contributed by atoms with E-state index >= 15 is 0 Å². The average molecular weight is 317 g/mol. The molecule has 0 radical (unpaired) electrons. The van der Waals surface area contributed by atoms with Crippen LogP contribution in [0.1, 0.15) is 21.5 Å². The summed E-state index contributed by atoms with van der Waals surface area (Å²) >= 11 is 0. The molecule has 0 unspecified atom stereocenters. The van der Waals surface area contributed by atoms with Crippen molar-refractivity contribution >= 4 is 11.7 Å². The van der Waals surface area contributed by atoms with Gasteiger partial charge in [-0.2, -0.15) is 0 Å². The van der Waals surface area contributed by atoms with E-state index in [0.29, 0.717) is 5.56 Å². The lowest BCUT2D eigenvalue weighted by atomic mass is 9.97. The Labute approximate surface area is 141 Å². The molecule has 3 nitrogen and oxygen atoms in total. The third kappa shape index (κ3) is 3.63. The maximum atomic E-state index is 10.9. The van der Waals surface area contributed by atoms with Gasteiger partial charge in [-0.3, -0.25) is 0 Å². The van der Waals surface area contributed by atoms with Crippen LogP contribution in [0.2, 0.25) is 0 Å². The molecule has 0 heterocycles. The van der Waals surface area contributed by atoms with Crippen LogP contribution in [0.25, 0.3) is 11.1 Å². The average Bonchev–Trinajstić information content (AvgIpc) is 2.61. The second kappa shape index (κ2) is 7.01. The molecule has 3 heteroatoms. The molecular formula is C21H19NO2. The summed E-state index contributed by atoms with van der Waals surface area (Å²) in [6, 6.07) is 23.5. The van der Waals surface area contributed by atoms with Gasteiger partial charge in [-0.15, -0.1) is 0 Å². The van der Waals surface area contributed by atoms with Gasteiger partial charge >= 0.3 is 5.97 Å². The summed E-state index contributed by atoms with van der Waals surface area (Å²) < 4.78 is 0. The van der Waals surface area contributed by atoms with Crippen molar-refractivity contribution < 1.29 is 9.90 Å². The zero-order chi connectivity index (χ0) is 16.9. The zero-order valence-electron chi connectivity index (χ0n) is 13.5. The van der Waals surface area contributed by atoms with Gasteiger partial charge in [0.25, 0.3) is 0 Å². The minimum absolute atomic E-state index is 0.306. The minimum atomic E-state index is -0.902. The van der Waals surface area contributed by atoms with E-state index in [2.05, 4.69) is 30.4 Å². The maximum absolute atomic E-state index is 10.9. The number of benzene rings is 3. The quantitative estimate of drug-likeness (QED) is 0.698. The van der Waals surface area contributed by atoms with E-state index in [0.717, 1.165) is 23.4 Å². The van der Waals surface area contributed by atoms with Crippen molar-refractivity contribution in [3.63, 3.8) is 0 Å². The van der Waals surface area contributed by atoms with Crippen molar-refractivity contribution in [2.75, 3.05) is 5.32 Å². The predicted molar refractivity (Wildman–Crippen MR) is 97.3 cm³/mol. The number of nitrogens with one attached hydrogen (secondary N) is 1. The number of anilines is 1. The van der Waals surface area contributed by atoms with E-state index in [1.165, 1.54) is 11.1 Å². The van der Waals surface area contributed by atoms with E-state index in [4.69, 9.17) is 5.11 Å². The molecule has 3 rings (SSSR count). The first kappa shape index (κ1) is 15.8. The number of hydrogen-bond acceptors (Lipinski definition) is 2. The number of hydrogen-bond donors (Lipinski definition) is 2. The van der Waals surface area contributed by atoms with Crippen molar-refractivity contribution in [3.05, 3.63) is 89.5 Å². The molecule has 2 N–H and O–H groups in total. The molecule has 120 valence electrons. The summed E-state index contributed by atoms with van der Waals surface area (Å²) in [5.41, 5.74) is 5.94. The topological polar surface area (TPSA) is 49.3 Å². The van der Waals surface area contributed by atoms with Crippen LogP contribution in [0.3, 0.4) is 0 Å². The Morgan fingerprint density at radius 2 is 1.67 bits per heavy atom. The van der Waals surface area contributed by atoms with E-state index < -0.39 is 5.97 Å². The van der Waals surface area contributed by atoms with Crippen molar-refractivity contribution in [3.8, 4) is 11.1 Å². The number of aryl methyl sites for hydroxylation is 1. The first-order valence-electron chi connectivity index (χ1n) is 7.85. The largest absolute Gasteiger partial charge is 0.478 e. The molecule has 0 spiro atoms. The summed E-state index contributed by atoms with van der Waals surface area (Å²) in [5, 5.41) is 12.4. The molecule has 3 aromatic rings. The molecule has 24 heavy (non-hydrogen) atoms. The molecule has 0 aliphatic rings. The van der Waals surface area contributed by atoms with Gasteiger partial charge in [0.15, 0.2) is 0 Å². The lowest BCUT2D eigenvalue weighted by molar-refractivity contribution is 0.0697. The Morgan fingerprint density at radius 3 is 2.29 bits per heavy atom. The van der Waals surface area contributed by atoms with Crippen molar-refractivity contribution in [1.82, 2.24) is 0 Å². The molecule has 0 aliphatic heterocycles. The molecule has 0 saturated heterocycles. The fraction of sp³-hybridized carbons (Fsp3) is 0.0952. The van der Waals surface area contributed by atoms with Crippen LogP contribution in [0.5, 0.6) is 0 Å². The van der Waals surface area contributed by atoms with Crippen LogP contribution in [-0.4, -0.2) is 11.1 Å². The summed E-state index contributed by atoms with van der Waals surface area (Å²) in [4.78, 5) is 10.9. The second-order valence-corrected chi connectivity index (χ2v) is 5.75. The molecule has 0 atom stereocenters. The number of para-hydroxylation sites is 1. The van der Waals surface area contributed by atoms with E-state index in [1.807, 2.05) is 42.5 Å². The SMILES string of the molecule is Cc1cc(CNc2ccccc2)ccc1-c1ccc(C(=O)O)cc1. The van der Waals surface area contributed by atoms with Crippen molar-refractivity contribution in [1.29, 1.82) is 0 Å². The first-order chi connectivity index (χ1) is 11.6. The third-order valence-corrected chi connectivity index (χ3v) is 4.00. The van der Waals surface area contributed by atoms with E-state index in [1.54, 1.807) is 12.1 Å². The number of carboxylic acids is 1. The highest BCUT2D eigenvalue weighted by Crippen LogP contribution is 2.25. The Bertz CT molecular complexity index is 839. The van der Waals surface area contributed by atoms with Gasteiger partial charge in [0, 0.05) is 12.2 Å². The van der Waals surface area contributed by atoms with Gasteiger partial charge in [-0.1, -0.05) is 48.5 Å². The van der Waals surface area contributed by atoms with Gasteiger partial charge in [0.2, 0.25) is 0 Å². The zero-order valence-corrected chi connectivity index (χ0v) is 13.5. The maximum Gasteiger partial charge on any atom is 0.335 e. The number of carboxylic acid groups (broad SMARTS) is 1. The first-order valence-corrected chi connectivity index (χ1v) is 7.85. The highest BCUT2D eigenvalue weighted by molar-refractivity contribution is 5.88. The summed E-state index contributed by atoms with van der Waals surface area (Å²) in [5.74, 6) is -0.902. The Morgan fingerprint density at radius 1 is 0.958 bits per heavy atom. The van der Waals surface area contributed by atoms with Gasteiger partial charge in [-0.25, -0.2) is 4.79 Å². The molecule has 0 fully saturated rings. The Kier molecular flexibility index (Phi) is 4.62. The summed E-state index contributed by atoms with van der Waals surface area (Å²) in [6.07, 6.45) is 0. The van der Waals surface area contributed by atoms with Gasteiger partial charge in [0.1, 0.15) is 0 Å². The van der Waals surface area contributed by atoms with Crippen molar-refractivity contribution in [2.24, 2.45) is 0 Å². The molecule has 0 aliphatic carbocycles. The summed E-state index contributed by atoms with van der Waals surface area (Å²) in [7, 11) is 0. The molecule has 0 aromatic heterocycles. The molecule has 0 amide bonds. The van der Waals surface area contributed by atoms with Crippen LogP contribution >= 0.6 is 0 Å². The number of aromatic carboxylic acids is 1.